The van der Waals surface area contributed by atoms with E-state index in [-0.39, 0.29) is 20.9 Å². The molecule has 0 unspecified atom stereocenters. The standard InChI is InChI=1S/C18H22N4O2S2/c1-11-10-14(19)22-16(20-11)15(17(21-22)25-5)26(23,24)13-8-6-12(7-9-13)18(2,3)4/h6-10H,19H2,1-5H3. The Bertz CT molecular complexity index is 1080. The van der Waals surface area contributed by atoms with Gasteiger partial charge >= 0.3 is 0 Å². The Kier molecular flexibility index (Phi) is 4.52. The number of aromatic nitrogens is 3. The summed E-state index contributed by atoms with van der Waals surface area (Å²) in [4.78, 5) is 4.70. The topological polar surface area (TPSA) is 90.3 Å². The maximum absolute atomic E-state index is 13.3. The Morgan fingerprint density at radius 1 is 1.15 bits per heavy atom. The predicted octanol–water partition coefficient (Wildman–Crippen LogP) is 3.47. The molecule has 0 aliphatic carbocycles. The summed E-state index contributed by atoms with van der Waals surface area (Å²) in [5, 5.41) is 4.72. The Labute approximate surface area is 157 Å². The van der Waals surface area contributed by atoms with E-state index in [1.54, 1.807) is 31.4 Å². The third kappa shape index (κ3) is 3.07. The zero-order valence-corrected chi connectivity index (χ0v) is 17.1. The van der Waals surface area contributed by atoms with Gasteiger partial charge in [-0.1, -0.05) is 32.9 Å². The fourth-order valence-electron chi connectivity index (χ4n) is 2.75. The van der Waals surface area contributed by atoms with Crippen LogP contribution in [0, 0.1) is 6.92 Å². The largest absolute Gasteiger partial charge is 0.384 e. The molecule has 0 radical (unpaired) electrons. The highest BCUT2D eigenvalue weighted by Gasteiger charge is 2.29. The lowest BCUT2D eigenvalue weighted by atomic mass is 9.87. The quantitative estimate of drug-likeness (QED) is 0.689. The minimum atomic E-state index is -3.78. The maximum atomic E-state index is 13.3. The molecule has 0 spiro atoms. The second-order valence-electron chi connectivity index (χ2n) is 7.17. The number of nitrogens with zero attached hydrogens (tertiary/aromatic N) is 3. The summed E-state index contributed by atoms with van der Waals surface area (Å²) in [6.07, 6.45) is 1.78. The molecule has 0 saturated heterocycles. The maximum Gasteiger partial charge on any atom is 0.213 e. The van der Waals surface area contributed by atoms with Crippen LogP contribution in [0.1, 0.15) is 32.0 Å². The second kappa shape index (κ2) is 6.28. The first-order chi connectivity index (χ1) is 12.1. The molecule has 0 aliphatic rings. The van der Waals surface area contributed by atoms with Crippen molar-refractivity contribution in [1.82, 2.24) is 14.6 Å². The Hall–Kier alpha value is -2.06. The minimum absolute atomic E-state index is 0.0513. The van der Waals surface area contributed by atoms with Crippen molar-refractivity contribution in [2.24, 2.45) is 0 Å². The molecule has 0 amide bonds. The number of benzene rings is 1. The number of rotatable bonds is 3. The van der Waals surface area contributed by atoms with Crippen LogP contribution in [0.15, 0.2) is 45.1 Å². The second-order valence-corrected chi connectivity index (χ2v) is 9.86. The van der Waals surface area contributed by atoms with Crippen LogP contribution in [-0.2, 0) is 15.3 Å². The van der Waals surface area contributed by atoms with Crippen LogP contribution in [0.5, 0.6) is 0 Å². The van der Waals surface area contributed by atoms with Crippen molar-refractivity contribution in [2.75, 3.05) is 12.0 Å². The van der Waals surface area contributed by atoms with E-state index in [0.717, 1.165) is 5.56 Å². The van der Waals surface area contributed by atoms with Gasteiger partial charge in [0, 0.05) is 11.8 Å². The van der Waals surface area contributed by atoms with E-state index < -0.39 is 9.84 Å². The van der Waals surface area contributed by atoms with Gasteiger partial charge in [0.05, 0.1) is 4.90 Å². The van der Waals surface area contributed by atoms with Crippen molar-refractivity contribution in [2.45, 2.75) is 47.9 Å². The molecule has 2 N–H and O–H groups in total. The lowest BCUT2D eigenvalue weighted by Gasteiger charge is -2.19. The summed E-state index contributed by atoms with van der Waals surface area (Å²) in [5.41, 5.74) is 7.91. The van der Waals surface area contributed by atoms with Crippen LogP contribution in [0.3, 0.4) is 0 Å². The number of nitrogens with two attached hydrogens (primary N) is 1. The highest BCUT2D eigenvalue weighted by Crippen LogP contribution is 2.34. The van der Waals surface area contributed by atoms with Crippen molar-refractivity contribution in [1.29, 1.82) is 0 Å². The van der Waals surface area contributed by atoms with Gasteiger partial charge < -0.3 is 5.73 Å². The van der Waals surface area contributed by atoms with E-state index in [1.807, 2.05) is 12.1 Å². The van der Waals surface area contributed by atoms with Gasteiger partial charge in [0.1, 0.15) is 10.8 Å². The third-order valence-electron chi connectivity index (χ3n) is 4.17. The fourth-order valence-corrected chi connectivity index (χ4v) is 5.14. The SMILES string of the molecule is CSc1nn2c(N)cc(C)nc2c1S(=O)(=O)c1ccc(C(C)(C)C)cc1. The molecule has 2 aromatic heterocycles. The lowest BCUT2D eigenvalue weighted by Crippen LogP contribution is -2.11. The van der Waals surface area contributed by atoms with Gasteiger partial charge in [-0.15, -0.1) is 11.8 Å². The van der Waals surface area contributed by atoms with E-state index in [4.69, 9.17) is 5.73 Å². The van der Waals surface area contributed by atoms with Crippen molar-refractivity contribution < 1.29 is 8.42 Å². The molecule has 26 heavy (non-hydrogen) atoms. The summed E-state index contributed by atoms with van der Waals surface area (Å²) in [7, 11) is -3.78. The van der Waals surface area contributed by atoms with Crippen LogP contribution < -0.4 is 5.73 Å². The first-order valence-electron chi connectivity index (χ1n) is 8.11. The van der Waals surface area contributed by atoms with Crippen molar-refractivity contribution >= 4 is 33.1 Å². The smallest absolute Gasteiger partial charge is 0.213 e. The summed E-state index contributed by atoms with van der Waals surface area (Å²) < 4.78 is 28.0. The number of fused-ring (bicyclic) bond motifs is 1. The molecule has 6 nitrogen and oxygen atoms in total. The highest BCUT2D eigenvalue weighted by atomic mass is 32.2. The first-order valence-corrected chi connectivity index (χ1v) is 10.8. The van der Waals surface area contributed by atoms with E-state index in [2.05, 4.69) is 30.9 Å². The molecule has 0 aliphatic heterocycles. The van der Waals surface area contributed by atoms with Crippen LogP contribution in [0.4, 0.5) is 5.82 Å². The number of aryl methyl sites for hydroxylation is 1. The lowest BCUT2D eigenvalue weighted by molar-refractivity contribution is 0.586. The van der Waals surface area contributed by atoms with Crippen molar-refractivity contribution in [3.63, 3.8) is 0 Å². The van der Waals surface area contributed by atoms with Crippen LogP contribution in [-0.4, -0.2) is 29.3 Å². The number of anilines is 1. The van der Waals surface area contributed by atoms with Crippen LogP contribution in [0.25, 0.3) is 5.65 Å². The molecule has 2 heterocycles. The average Bonchev–Trinajstić information content (AvgIpc) is 2.93. The molecule has 0 bridgehead atoms. The average molecular weight is 391 g/mol. The molecular formula is C18H22N4O2S2. The Balaban J connectivity index is 2.24. The molecule has 1 aromatic carbocycles. The number of sulfone groups is 1. The van der Waals surface area contributed by atoms with Crippen molar-refractivity contribution in [3.8, 4) is 0 Å². The van der Waals surface area contributed by atoms with Crippen molar-refractivity contribution in [3.05, 3.63) is 41.6 Å². The first kappa shape index (κ1) is 18.7. The number of hydrogen-bond donors (Lipinski definition) is 1. The van der Waals surface area contributed by atoms with Gasteiger partial charge in [0.25, 0.3) is 0 Å². The highest BCUT2D eigenvalue weighted by molar-refractivity contribution is 7.99. The van der Waals surface area contributed by atoms with Gasteiger partial charge in [-0.3, -0.25) is 0 Å². The van der Waals surface area contributed by atoms with E-state index in [9.17, 15) is 8.42 Å². The normalized spacial score (nSPS) is 12.7. The van der Waals surface area contributed by atoms with Gasteiger partial charge in [-0.2, -0.15) is 9.61 Å². The summed E-state index contributed by atoms with van der Waals surface area (Å²) in [6.45, 7) is 8.03. The zero-order chi connectivity index (χ0) is 19.3. The van der Waals surface area contributed by atoms with E-state index >= 15 is 0 Å². The van der Waals surface area contributed by atoms with Crippen LogP contribution >= 0.6 is 11.8 Å². The fraction of sp³-hybridized carbons (Fsp3) is 0.333. The molecule has 0 saturated carbocycles. The molecule has 0 fully saturated rings. The number of thioether (sulfide) groups is 1. The van der Waals surface area contributed by atoms with Gasteiger partial charge in [0.15, 0.2) is 10.5 Å². The van der Waals surface area contributed by atoms with E-state index in [1.165, 1.54) is 16.3 Å². The molecule has 3 aromatic rings. The summed E-state index contributed by atoms with van der Waals surface area (Å²) >= 11 is 1.26. The summed E-state index contributed by atoms with van der Waals surface area (Å²) in [6, 6.07) is 8.65. The van der Waals surface area contributed by atoms with Gasteiger partial charge in [0.2, 0.25) is 9.84 Å². The molecular weight excluding hydrogens is 368 g/mol. The minimum Gasteiger partial charge on any atom is -0.384 e. The zero-order valence-electron chi connectivity index (χ0n) is 15.4. The molecule has 0 atom stereocenters. The molecule has 138 valence electrons. The monoisotopic (exact) mass is 390 g/mol. The predicted molar refractivity (Wildman–Crippen MR) is 105 cm³/mol. The molecule has 8 heteroatoms. The summed E-state index contributed by atoms with van der Waals surface area (Å²) in [5.74, 6) is 0.354. The molecule has 3 rings (SSSR count). The van der Waals surface area contributed by atoms with Crippen LogP contribution in [0.2, 0.25) is 0 Å². The number of nitrogen functional groups attached to an aromatic ring is 1. The Morgan fingerprint density at radius 3 is 2.31 bits per heavy atom. The van der Waals surface area contributed by atoms with Gasteiger partial charge in [-0.25, -0.2) is 13.4 Å². The van der Waals surface area contributed by atoms with E-state index in [0.29, 0.717) is 16.5 Å². The van der Waals surface area contributed by atoms with Gasteiger partial charge in [-0.05, 0) is 36.3 Å². The number of hydrogen-bond acceptors (Lipinski definition) is 6. The Morgan fingerprint density at radius 2 is 1.77 bits per heavy atom. The third-order valence-corrected chi connectivity index (χ3v) is 6.77.